The number of aldehydes is 1. The van der Waals surface area contributed by atoms with Crippen LogP contribution in [0.3, 0.4) is 0 Å². The van der Waals surface area contributed by atoms with Crippen molar-refractivity contribution in [3.8, 4) is 0 Å². The van der Waals surface area contributed by atoms with E-state index in [1.54, 1.807) is 20.8 Å². The van der Waals surface area contributed by atoms with Crippen LogP contribution >= 0.6 is 0 Å². The predicted octanol–water partition coefficient (Wildman–Crippen LogP) is 1.47. The van der Waals surface area contributed by atoms with E-state index in [9.17, 15) is 9.59 Å². The third kappa shape index (κ3) is 9.81. The Morgan fingerprint density at radius 2 is 2.00 bits per heavy atom. The third-order valence-corrected chi connectivity index (χ3v) is 2.06. The number of hydrogen-bond donors (Lipinski definition) is 2. The fraction of sp³-hybridized carbons (Fsp3) is 0.833. The molecule has 0 aliphatic carbocycles. The van der Waals surface area contributed by atoms with Crippen molar-refractivity contribution in [1.29, 1.82) is 0 Å². The van der Waals surface area contributed by atoms with Crippen molar-refractivity contribution in [3.05, 3.63) is 0 Å². The summed E-state index contributed by atoms with van der Waals surface area (Å²) in [5.41, 5.74) is -0.538. The maximum Gasteiger partial charge on any atom is 0.408 e. The Bertz CT molecular complexity index is 236. The van der Waals surface area contributed by atoms with Crippen LogP contribution in [-0.4, -0.2) is 37.6 Å². The summed E-state index contributed by atoms with van der Waals surface area (Å²) < 4.78 is 5.08. The van der Waals surface area contributed by atoms with Crippen molar-refractivity contribution in [3.63, 3.8) is 0 Å². The summed E-state index contributed by atoms with van der Waals surface area (Å²) >= 11 is 0. The Labute approximate surface area is 103 Å². The molecule has 0 aliphatic heterocycles. The van der Waals surface area contributed by atoms with Gasteiger partial charge in [-0.1, -0.05) is 0 Å². The lowest BCUT2D eigenvalue weighted by Crippen LogP contribution is -2.40. The molecule has 5 nitrogen and oxygen atoms in total. The molecule has 17 heavy (non-hydrogen) atoms. The Morgan fingerprint density at radius 3 is 2.47 bits per heavy atom. The molecule has 0 unspecified atom stereocenters. The van der Waals surface area contributed by atoms with Crippen molar-refractivity contribution in [2.24, 2.45) is 0 Å². The zero-order valence-electron chi connectivity index (χ0n) is 11.2. The standard InChI is InChI=1S/C12H24N2O3/c1-12(2,3)17-11(16)14-10(9-15)7-5-6-8-13-4/h9-10,13H,5-8H2,1-4H3,(H,14,16)/t10-/m0/s1. The van der Waals surface area contributed by atoms with Crippen molar-refractivity contribution < 1.29 is 14.3 Å². The lowest BCUT2D eigenvalue weighted by Gasteiger charge is -2.21. The van der Waals surface area contributed by atoms with E-state index in [2.05, 4.69) is 10.6 Å². The molecule has 2 N–H and O–H groups in total. The van der Waals surface area contributed by atoms with E-state index in [0.29, 0.717) is 6.42 Å². The van der Waals surface area contributed by atoms with Gasteiger partial charge < -0.3 is 20.2 Å². The number of rotatable bonds is 7. The molecule has 0 saturated heterocycles. The van der Waals surface area contributed by atoms with E-state index < -0.39 is 17.7 Å². The molecule has 0 spiro atoms. The van der Waals surface area contributed by atoms with Gasteiger partial charge in [-0.3, -0.25) is 0 Å². The first-order valence-corrected chi connectivity index (χ1v) is 5.98. The van der Waals surface area contributed by atoms with Crippen molar-refractivity contribution >= 4 is 12.4 Å². The average Bonchev–Trinajstić information content (AvgIpc) is 2.20. The summed E-state index contributed by atoms with van der Waals surface area (Å²) in [6, 6.07) is -0.457. The zero-order chi connectivity index (χ0) is 13.3. The molecule has 0 saturated carbocycles. The summed E-state index contributed by atoms with van der Waals surface area (Å²) in [6.45, 7) is 6.28. The number of ether oxygens (including phenoxy) is 1. The Balaban J connectivity index is 3.88. The second kappa shape index (κ2) is 8.06. The van der Waals surface area contributed by atoms with Crippen LogP contribution in [0.2, 0.25) is 0 Å². The highest BCUT2D eigenvalue weighted by Gasteiger charge is 2.18. The van der Waals surface area contributed by atoms with Gasteiger partial charge in [0.05, 0.1) is 6.04 Å². The number of alkyl carbamates (subject to hydrolysis) is 1. The van der Waals surface area contributed by atoms with Crippen LogP contribution in [0.25, 0.3) is 0 Å². The molecule has 0 fully saturated rings. The van der Waals surface area contributed by atoms with E-state index in [0.717, 1.165) is 25.7 Å². The van der Waals surface area contributed by atoms with Crippen LogP contribution in [0.15, 0.2) is 0 Å². The maximum atomic E-state index is 11.4. The molecule has 100 valence electrons. The Morgan fingerprint density at radius 1 is 1.35 bits per heavy atom. The highest BCUT2D eigenvalue weighted by Crippen LogP contribution is 2.07. The third-order valence-electron chi connectivity index (χ3n) is 2.06. The van der Waals surface area contributed by atoms with Crippen LogP contribution in [-0.2, 0) is 9.53 Å². The van der Waals surface area contributed by atoms with Crippen molar-refractivity contribution in [2.45, 2.75) is 51.7 Å². The van der Waals surface area contributed by atoms with E-state index in [1.807, 2.05) is 7.05 Å². The van der Waals surface area contributed by atoms with Crippen LogP contribution in [0.4, 0.5) is 4.79 Å². The molecule has 0 aromatic carbocycles. The van der Waals surface area contributed by atoms with E-state index in [1.165, 1.54) is 0 Å². The topological polar surface area (TPSA) is 67.4 Å². The summed E-state index contributed by atoms with van der Waals surface area (Å²) in [4.78, 5) is 22.2. The smallest absolute Gasteiger partial charge is 0.408 e. The fourth-order valence-electron chi connectivity index (χ4n) is 1.30. The number of amides is 1. The number of carbonyl (C=O) groups excluding carboxylic acids is 2. The van der Waals surface area contributed by atoms with Gasteiger partial charge in [0, 0.05) is 0 Å². The molecule has 0 heterocycles. The first kappa shape index (κ1) is 15.9. The second-order valence-electron chi connectivity index (χ2n) is 4.99. The van der Waals surface area contributed by atoms with Crippen LogP contribution < -0.4 is 10.6 Å². The first-order valence-electron chi connectivity index (χ1n) is 5.98. The van der Waals surface area contributed by atoms with Gasteiger partial charge in [0.1, 0.15) is 11.9 Å². The average molecular weight is 244 g/mol. The Kier molecular flexibility index (Phi) is 7.54. The minimum absolute atomic E-state index is 0.457. The first-order chi connectivity index (χ1) is 7.89. The van der Waals surface area contributed by atoms with Crippen LogP contribution in [0, 0.1) is 0 Å². The molecule has 0 aliphatic rings. The van der Waals surface area contributed by atoms with Crippen LogP contribution in [0.5, 0.6) is 0 Å². The van der Waals surface area contributed by atoms with Gasteiger partial charge >= 0.3 is 6.09 Å². The van der Waals surface area contributed by atoms with Gasteiger partial charge in [-0.05, 0) is 53.6 Å². The molecule has 0 radical (unpaired) electrons. The summed E-state index contributed by atoms with van der Waals surface area (Å²) in [6.07, 6.45) is 2.73. The molecular weight excluding hydrogens is 220 g/mol. The van der Waals surface area contributed by atoms with Gasteiger partial charge in [-0.2, -0.15) is 0 Å². The number of unbranched alkanes of at least 4 members (excludes halogenated alkanes) is 1. The van der Waals surface area contributed by atoms with Gasteiger partial charge in [0.15, 0.2) is 0 Å². The SMILES string of the molecule is CNCCCC[C@@H](C=O)NC(=O)OC(C)(C)C. The summed E-state index contributed by atoms with van der Waals surface area (Å²) in [5.74, 6) is 0. The monoisotopic (exact) mass is 244 g/mol. The van der Waals surface area contributed by atoms with E-state index >= 15 is 0 Å². The van der Waals surface area contributed by atoms with Gasteiger partial charge in [0.2, 0.25) is 0 Å². The highest BCUT2D eigenvalue weighted by molar-refractivity contribution is 5.73. The molecular formula is C12H24N2O3. The molecule has 1 atom stereocenters. The quantitative estimate of drug-likeness (QED) is 0.525. The van der Waals surface area contributed by atoms with Gasteiger partial charge in [-0.25, -0.2) is 4.79 Å². The van der Waals surface area contributed by atoms with Crippen LogP contribution in [0.1, 0.15) is 40.0 Å². The molecule has 5 heteroatoms. The van der Waals surface area contributed by atoms with Crippen molar-refractivity contribution in [2.75, 3.05) is 13.6 Å². The predicted molar refractivity (Wildman–Crippen MR) is 67.0 cm³/mol. The minimum Gasteiger partial charge on any atom is -0.444 e. The number of hydrogen-bond acceptors (Lipinski definition) is 4. The maximum absolute atomic E-state index is 11.4. The largest absolute Gasteiger partial charge is 0.444 e. The minimum atomic E-state index is -0.539. The molecule has 0 aromatic heterocycles. The second-order valence-corrected chi connectivity index (χ2v) is 4.99. The molecule has 0 bridgehead atoms. The van der Waals surface area contributed by atoms with Gasteiger partial charge in [-0.15, -0.1) is 0 Å². The fourth-order valence-corrected chi connectivity index (χ4v) is 1.30. The zero-order valence-corrected chi connectivity index (χ0v) is 11.2. The molecule has 0 rings (SSSR count). The highest BCUT2D eigenvalue weighted by atomic mass is 16.6. The lowest BCUT2D eigenvalue weighted by atomic mass is 10.1. The summed E-state index contributed by atoms with van der Waals surface area (Å²) in [5, 5.41) is 5.58. The molecule has 0 aromatic rings. The van der Waals surface area contributed by atoms with Gasteiger partial charge in [0.25, 0.3) is 0 Å². The normalized spacial score (nSPS) is 12.9. The lowest BCUT2D eigenvalue weighted by molar-refractivity contribution is -0.109. The summed E-state index contributed by atoms with van der Waals surface area (Å²) in [7, 11) is 1.89. The number of carbonyl (C=O) groups is 2. The molecule has 1 amide bonds. The van der Waals surface area contributed by atoms with E-state index in [4.69, 9.17) is 4.74 Å². The van der Waals surface area contributed by atoms with E-state index in [-0.39, 0.29) is 0 Å². The Hall–Kier alpha value is -1.10. The van der Waals surface area contributed by atoms with Crippen molar-refractivity contribution in [1.82, 2.24) is 10.6 Å². The number of nitrogens with one attached hydrogen (secondary N) is 2.